The standard InChI is InChI=1S/C16H13ClF2N6O/c1-6(18)15-23-16(25-24-15)14-10(7-4-20-21-5-7)8-3-9(26-2)11(17)12(19)13(8)22-14/h3-6,22H,1-2H3,(H,20,21)(H,23,24,25)/t6-/m1/s1. The first-order valence-electron chi connectivity index (χ1n) is 7.64. The van der Waals surface area contributed by atoms with Crippen LogP contribution < -0.4 is 4.74 Å². The fourth-order valence-electron chi connectivity index (χ4n) is 2.81. The number of methoxy groups -OCH3 is 1. The molecule has 4 aromatic rings. The van der Waals surface area contributed by atoms with Gasteiger partial charge in [0.05, 0.1) is 24.5 Å². The van der Waals surface area contributed by atoms with Crippen LogP contribution in [0.15, 0.2) is 18.5 Å². The Kier molecular flexibility index (Phi) is 3.87. The lowest BCUT2D eigenvalue weighted by Crippen LogP contribution is -1.88. The maximum absolute atomic E-state index is 14.8. The highest BCUT2D eigenvalue weighted by atomic mass is 35.5. The maximum atomic E-state index is 14.8. The van der Waals surface area contributed by atoms with Crippen LogP contribution in [0.3, 0.4) is 0 Å². The van der Waals surface area contributed by atoms with Gasteiger partial charge in [-0.15, -0.1) is 0 Å². The summed E-state index contributed by atoms with van der Waals surface area (Å²) in [5.41, 5.74) is 1.85. The van der Waals surface area contributed by atoms with Gasteiger partial charge >= 0.3 is 0 Å². The molecule has 0 unspecified atom stereocenters. The third-order valence-electron chi connectivity index (χ3n) is 4.05. The van der Waals surface area contributed by atoms with Gasteiger partial charge in [0, 0.05) is 22.7 Å². The molecule has 0 amide bonds. The number of nitrogens with one attached hydrogen (secondary N) is 3. The number of alkyl halides is 1. The number of benzene rings is 1. The van der Waals surface area contributed by atoms with Crippen LogP contribution in [0.1, 0.15) is 18.9 Å². The Morgan fingerprint density at radius 1 is 1.35 bits per heavy atom. The molecule has 26 heavy (non-hydrogen) atoms. The Bertz CT molecular complexity index is 1090. The molecule has 0 saturated heterocycles. The monoisotopic (exact) mass is 378 g/mol. The van der Waals surface area contributed by atoms with Crippen LogP contribution in [-0.2, 0) is 0 Å². The lowest BCUT2D eigenvalue weighted by molar-refractivity contribution is 0.357. The summed E-state index contributed by atoms with van der Waals surface area (Å²) in [6.07, 6.45) is 1.91. The molecular formula is C16H13ClF2N6O. The molecule has 0 fully saturated rings. The van der Waals surface area contributed by atoms with Crippen molar-refractivity contribution in [1.82, 2.24) is 30.4 Å². The number of aromatic nitrogens is 6. The van der Waals surface area contributed by atoms with Crippen molar-refractivity contribution >= 4 is 22.5 Å². The maximum Gasteiger partial charge on any atom is 0.198 e. The molecule has 7 nitrogen and oxygen atoms in total. The van der Waals surface area contributed by atoms with E-state index in [4.69, 9.17) is 16.3 Å². The predicted octanol–water partition coefficient (Wildman–Crippen LogP) is 4.17. The first kappa shape index (κ1) is 16.5. The van der Waals surface area contributed by atoms with Crippen molar-refractivity contribution in [1.29, 1.82) is 0 Å². The third kappa shape index (κ3) is 2.43. The van der Waals surface area contributed by atoms with E-state index in [1.54, 1.807) is 18.5 Å². The Morgan fingerprint density at radius 2 is 2.15 bits per heavy atom. The number of nitrogens with zero attached hydrogens (tertiary/aromatic N) is 3. The van der Waals surface area contributed by atoms with Gasteiger partial charge in [-0.05, 0) is 13.0 Å². The second kappa shape index (κ2) is 6.10. The molecule has 0 saturated carbocycles. The van der Waals surface area contributed by atoms with E-state index in [2.05, 4.69) is 30.4 Å². The number of ether oxygens (including phenoxy) is 1. The van der Waals surface area contributed by atoms with Crippen LogP contribution in [0.2, 0.25) is 5.02 Å². The largest absolute Gasteiger partial charge is 0.495 e. The van der Waals surface area contributed by atoms with Gasteiger partial charge in [-0.2, -0.15) is 10.2 Å². The van der Waals surface area contributed by atoms with Crippen molar-refractivity contribution in [3.8, 4) is 28.4 Å². The highest BCUT2D eigenvalue weighted by molar-refractivity contribution is 6.33. The second-order valence-corrected chi connectivity index (χ2v) is 6.03. The molecule has 134 valence electrons. The fraction of sp³-hybridized carbons (Fsp3) is 0.188. The van der Waals surface area contributed by atoms with Gasteiger partial charge in [-0.3, -0.25) is 10.2 Å². The van der Waals surface area contributed by atoms with Gasteiger partial charge < -0.3 is 9.72 Å². The quantitative estimate of drug-likeness (QED) is 0.496. The average molecular weight is 379 g/mol. The highest BCUT2D eigenvalue weighted by Gasteiger charge is 2.24. The number of hydrogen-bond donors (Lipinski definition) is 3. The topological polar surface area (TPSA) is 95.3 Å². The molecule has 4 rings (SSSR count). The van der Waals surface area contributed by atoms with E-state index < -0.39 is 12.0 Å². The zero-order valence-corrected chi connectivity index (χ0v) is 14.4. The first-order valence-corrected chi connectivity index (χ1v) is 8.02. The van der Waals surface area contributed by atoms with Crippen molar-refractivity contribution in [2.45, 2.75) is 13.1 Å². The lowest BCUT2D eigenvalue weighted by Gasteiger charge is -2.05. The number of halogens is 3. The van der Waals surface area contributed by atoms with Crippen molar-refractivity contribution in [2.24, 2.45) is 0 Å². The van der Waals surface area contributed by atoms with Crippen molar-refractivity contribution in [3.05, 3.63) is 35.1 Å². The molecule has 3 heterocycles. The van der Waals surface area contributed by atoms with Crippen LogP contribution >= 0.6 is 11.6 Å². The SMILES string of the molecule is COc1cc2c(-c3cn[nH]c3)c(-c3n[nH]c([C@@H](C)F)n3)[nH]c2c(F)c1Cl. The van der Waals surface area contributed by atoms with Crippen LogP contribution in [0.4, 0.5) is 8.78 Å². The summed E-state index contributed by atoms with van der Waals surface area (Å²) in [7, 11) is 1.40. The molecule has 3 aromatic heterocycles. The van der Waals surface area contributed by atoms with E-state index in [9.17, 15) is 8.78 Å². The zero-order chi connectivity index (χ0) is 18.4. The van der Waals surface area contributed by atoms with E-state index in [0.29, 0.717) is 22.2 Å². The highest BCUT2D eigenvalue weighted by Crippen LogP contribution is 2.42. The number of H-pyrrole nitrogens is 3. The first-order chi connectivity index (χ1) is 12.5. The summed E-state index contributed by atoms with van der Waals surface area (Å²) < 4.78 is 33.4. The summed E-state index contributed by atoms with van der Waals surface area (Å²) in [5, 5.41) is 13.6. The van der Waals surface area contributed by atoms with E-state index in [0.717, 1.165) is 0 Å². The van der Waals surface area contributed by atoms with E-state index in [1.165, 1.54) is 14.0 Å². The number of aromatic amines is 3. The van der Waals surface area contributed by atoms with Gasteiger partial charge in [-0.25, -0.2) is 13.8 Å². The molecule has 0 aliphatic heterocycles. The molecule has 3 N–H and O–H groups in total. The Balaban J connectivity index is 2.05. The third-order valence-corrected chi connectivity index (χ3v) is 4.40. The van der Waals surface area contributed by atoms with E-state index >= 15 is 0 Å². The van der Waals surface area contributed by atoms with Crippen molar-refractivity contribution in [2.75, 3.05) is 7.11 Å². The summed E-state index contributed by atoms with van der Waals surface area (Å²) in [4.78, 5) is 7.11. The molecule has 0 aliphatic rings. The number of fused-ring (bicyclic) bond motifs is 1. The molecule has 0 aliphatic carbocycles. The molecular weight excluding hydrogens is 366 g/mol. The summed E-state index contributed by atoms with van der Waals surface area (Å²) in [5.74, 6) is -0.189. The lowest BCUT2D eigenvalue weighted by atomic mass is 10.0. The van der Waals surface area contributed by atoms with Gasteiger partial charge in [0.1, 0.15) is 10.8 Å². The van der Waals surface area contributed by atoms with Gasteiger partial charge in [0.25, 0.3) is 0 Å². The fourth-order valence-corrected chi connectivity index (χ4v) is 3.04. The van der Waals surface area contributed by atoms with Crippen molar-refractivity contribution in [3.63, 3.8) is 0 Å². The van der Waals surface area contributed by atoms with E-state index in [1.807, 2.05) is 0 Å². The summed E-state index contributed by atoms with van der Waals surface area (Å²) >= 11 is 6.02. The van der Waals surface area contributed by atoms with Crippen LogP contribution in [0, 0.1) is 5.82 Å². The van der Waals surface area contributed by atoms with Gasteiger partial charge in [0.2, 0.25) is 0 Å². The Labute approximate surface area is 150 Å². The summed E-state index contributed by atoms with van der Waals surface area (Å²) in [6, 6.07) is 1.62. The normalized spacial score (nSPS) is 12.7. The number of hydrogen-bond acceptors (Lipinski definition) is 4. The average Bonchev–Trinajstić information content (AvgIpc) is 3.35. The number of rotatable bonds is 4. The predicted molar refractivity (Wildman–Crippen MR) is 92.3 cm³/mol. The smallest absolute Gasteiger partial charge is 0.198 e. The molecule has 0 spiro atoms. The minimum Gasteiger partial charge on any atom is -0.495 e. The van der Waals surface area contributed by atoms with Gasteiger partial charge in [0.15, 0.2) is 23.6 Å². The molecule has 0 radical (unpaired) electrons. The Morgan fingerprint density at radius 3 is 2.77 bits per heavy atom. The molecule has 0 bridgehead atoms. The second-order valence-electron chi connectivity index (χ2n) is 5.65. The Hall–Kier alpha value is -2.94. The van der Waals surface area contributed by atoms with Gasteiger partial charge in [-0.1, -0.05) is 11.6 Å². The molecule has 1 aromatic carbocycles. The molecule has 10 heteroatoms. The minimum absolute atomic E-state index is 0.0767. The van der Waals surface area contributed by atoms with Crippen LogP contribution in [-0.4, -0.2) is 37.5 Å². The minimum atomic E-state index is -1.32. The zero-order valence-electron chi connectivity index (χ0n) is 13.7. The van der Waals surface area contributed by atoms with Crippen LogP contribution in [0.5, 0.6) is 5.75 Å². The van der Waals surface area contributed by atoms with E-state index in [-0.39, 0.29) is 27.9 Å². The van der Waals surface area contributed by atoms with Crippen LogP contribution in [0.25, 0.3) is 33.5 Å². The van der Waals surface area contributed by atoms with Crippen molar-refractivity contribution < 1.29 is 13.5 Å². The molecule has 1 atom stereocenters. The summed E-state index contributed by atoms with van der Waals surface area (Å²) in [6.45, 7) is 1.34.